The Morgan fingerprint density at radius 2 is 1.70 bits per heavy atom. The Morgan fingerprint density at radius 1 is 1.00 bits per heavy atom. The summed E-state index contributed by atoms with van der Waals surface area (Å²) in [5, 5.41) is 18.7. The molecule has 0 aromatic carbocycles. The number of esters is 2. The van der Waals surface area contributed by atoms with Crippen molar-refractivity contribution < 1.29 is 29.3 Å². The zero-order chi connectivity index (χ0) is 15.4. The van der Waals surface area contributed by atoms with E-state index in [0.717, 1.165) is 12.8 Å². The van der Waals surface area contributed by atoms with Crippen molar-refractivity contribution in [2.75, 3.05) is 20.8 Å². The average Bonchev–Trinajstić information content (AvgIpc) is 2.46. The third kappa shape index (κ3) is 8.12. The van der Waals surface area contributed by atoms with Gasteiger partial charge in [-0.3, -0.25) is 9.59 Å². The highest BCUT2D eigenvalue weighted by Crippen LogP contribution is 2.19. The smallest absolute Gasteiger partial charge is 0.311 e. The van der Waals surface area contributed by atoms with E-state index in [4.69, 9.17) is 5.11 Å². The van der Waals surface area contributed by atoms with Crippen LogP contribution in [-0.2, 0) is 19.1 Å². The van der Waals surface area contributed by atoms with E-state index >= 15 is 0 Å². The molecule has 118 valence electrons. The van der Waals surface area contributed by atoms with Crippen molar-refractivity contribution in [1.82, 2.24) is 0 Å². The normalized spacial score (nSPS) is 13.6. The monoisotopic (exact) mass is 290 g/mol. The Hall–Kier alpha value is -1.14. The minimum atomic E-state index is -0.779. The van der Waals surface area contributed by atoms with Gasteiger partial charge in [0, 0.05) is 13.0 Å². The zero-order valence-electron chi connectivity index (χ0n) is 12.3. The van der Waals surface area contributed by atoms with Crippen LogP contribution >= 0.6 is 0 Å². The van der Waals surface area contributed by atoms with Gasteiger partial charge >= 0.3 is 11.9 Å². The molecule has 0 bridgehead atoms. The van der Waals surface area contributed by atoms with Crippen LogP contribution in [0.2, 0.25) is 0 Å². The molecule has 0 heterocycles. The van der Waals surface area contributed by atoms with Gasteiger partial charge in [-0.15, -0.1) is 0 Å². The van der Waals surface area contributed by atoms with Crippen LogP contribution in [0, 0.1) is 5.92 Å². The maximum Gasteiger partial charge on any atom is 0.311 e. The number of unbranched alkanes of at least 4 members (excludes halogenated alkanes) is 2. The molecule has 0 aromatic rings. The van der Waals surface area contributed by atoms with Crippen LogP contribution in [-0.4, -0.2) is 49.1 Å². The lowest BCUT2D eigenvalue weighted by atomic mass is 9.92. The molecule has 0 aliphatic rings. The third-order valence-corrected chi connectivity index (χ3v) is 3.25. The van der Waals surface area contributed by atoms with Crippen molar-refractivity contribution in [1.29, 1.82) is 0 Å². The highest BCUT2D eigenvalue weighted by molar-refractivity contribution is 5.73. The van der Waals surface area contributed by atoms with Gasteiger partial charge in [-0.1, -0.05) is 12.8 Å². The van der Waals surface area contributed by atoms with Gasteiger partial charge in [-0.2, -0.15) is 0 Å². The molecule has 2 unspecified atom stereocenters. The topological polar surface area (TPSA) is 93.1 Å². The summed E-state index contributed by atoms with van der Waals surface area (Å²) in [6.45, 7) is 0.135. The van der Waals surface area contributed by atoms with Gasteiger partial charge < -0.3 is 19.7 Å². The first kappa shape index (κ1) is 18.9. The van der Waals surface area contributed by atoms with Gasteiger partial charge in [0.1, 0.15) is 0 Å². The van der Waals surface area contributed by atoms with Crippen molar-refractivity contribution in [3.05, 3.63) is 0 Å². The van der Waals surface area contributed by atoms with Gasteiger partial charge in [0.15, 0.2) is 0 Å². The first-order valence-corrected chi connectivity index (χ1v) is 7.00. The molecule has 2 N–H and O–H groups in total. The van der Waals surface area contributed by atoms with Gasteiger partial charge in [-0.25, -0.2) is 0 Å². The molecule has 0 spiro atoms. The quantitative estimate of drug-likeness (QED) is 0.436. The van der Waals surface area contributed by atoms with Crippen molar-refractivity contribution in [3.63, 3.8) is 0 Å². The van der Waals surface area contributed by atoms with E-state index in [1.165, 1.54) is 14.2 Å². The molecule has 0 radical (unpaired) electrons. The standard InChI is InChI=1S/C14H26O6/c1-19-13(17)9-6-7-11(14(18)20-2)12(16)8-4-3-5-10-15/h11-12,15-16H,3-10H2,1-2H3. The Bertz CT molecular complexity index is 279. The second kappa shape index (κ2) is 11.7. The number of ether oxygens (including phenoxy) is 2. The van der Waals surface area contributed by atoms with E-state index < -0.39 is 18.0 Å². The van der Waals surface area contributed by atoms with E-state index in [-0.39, 0.29) is 19.0 Å². The minimum absolute atomic E-state index is 0.135. The first-order valence-electron chi connectivity index (χ1n) is 7.00. The Kier molecular flexibility index (Phi) is 11.0. The van der Waals surface area contributed by atoms with Crippen LogP contribution in [0.5, 0.6) is 0 Å². The van der Waals surface area contributed by atoms with Crippen LogP contribution in [0.4, 0.5) is 0 Å². The maximum atomic E-state index is 11.6. The fourth-order valence-corrected chi connectivity index (χ4v) is 2.03. The number of carbonyl (C=O) groups is 2. The van der Waals surface area contributed by atoms with E-state index in [9.17, 15) is 14.7 Å². The molecule has 6 nitrogen and oxygen atoms in total. The maximum absolute atomic E-state index is 11.6. The first-order chi connectivity index (χ1) is 9.56. The predicted molar refractivity (Wildman–Crippen MR) is 72.9 cm³/mol. The van der Waals surface area contributed by atoms with E-state index in [2.05, 4.69) is 9.47 Å². The summed E-state index contributed by atoms with van der Waals surface area (Å²) in [6, 6.07) is 0. The number of hydrogen-bond donors (Lipinski definition) is 2. The van der Waals surface area contributed by atoms with Crippen LogP contribution in [0.25, 0.3) is 0 Å². The zero-order valence-corrected chi connectivity index (χ0v) is 12.3. The fraction of sp³-hybridized carbons (Fsp3) is 0.857. The lowest BCUT2D eigenvalue weighted by Gasteiger charge is -2.20. The lowest BCUT2D eigenvalue weighted by molar-refractivity contribution is -0.150. The number of carbonyl (C=O) groups excluding carboxylic acids is 2. The molecular weight excluding hydrogens is 264 g/mol. The molecule has 6 heteroatoms. The number of aliphatic hydroxyl groups excluding tert-OH is 2. The van der Waals surface area contributed by atoms with Gasteiger partial charge in [0.25, 0.3) is 0 Å². The number of hydrogen-bond acceptors (Lipinski definition) is 6. The van der Waals surface area contributed by atoms with Gasteiger partial charge in [0.05, 0.1) is 26.2 Å². The van der Waals surface area contributed by atoms with E-state index in [1.807, 2.05) is 0 Å². The summed E-state index contributed by atoms with van der Waals surface area (Å²) >= 11 is 0. The molecule has 0 saturated carbocycles. The SMILES string of the molecule is COC(=O)CCCC(C(=O)OC)C(O)CCCCCO. The molecule has 0 amide bonds. The molecule has 0 rings (SSSR count). The number of methoxy groups -OCH3 is 2. The summed E-state index contributed by atoms with van der Waals surface area (Å²) in [5.41, 5.74) is 0. The van der Waals surface area contributed by atoms with E-state index in [1.54, 1.807) is 0 Å². The van der Waals surface area contributed by atoms with Gasteiger partial charge in [-0.05, 0) is 25.7 Å². The Morgan fingerprint density at radius 3 is 2.25 bits per heavy atom. The highest BCUT2D eigenvalue weighted by Gasteiger charge is 2.27. The van der Waals surface area contributed by atoms with Crippen molar-refractivity contribution in [3.8, 4) is 0 Å². The molecule has 20 heavy (non-hydrogen) atoms. The summed E-state index contributed by atoms with van der Waals surface area (Å²) in [4.78, 5) is 22.7. The summed E-state index contributed by atoms with van der Waals surface area (Å²) in [5.74, 6) is -1.39. The van der Waals surface area contributed by atoms with Crippen LogP contribution in [0.1, 0.15) is 44.9 Å². The molecule has 0 aliphatic heterocycles. The summed E-state index contributed by atoms with van der Waals surface area (Å²) in [7, 11) is 2.60. The summed E-state index contributed by atoms with van der Waals surface area (Å²) in [6.07, 6.45) is 3.04. The molecule has 0 saturated heterocycles. The average molecular weight is 290 g/mol. The number of rotatable bonds is 11. The molecule has 2 atom stereocenters. The van der Waals surface area contributed by atoms with Gasteiger partial charge in [0.2, 0.25) is 0 Å². The fourth-order valence-electron chi connectivity index (χ4n) is 2.03. The van der Waals surface area contributed by atoms with Crippen molar-refractivity contribution >= 4 is 11.9 Å². The predicted octanol–water partition coefficient (Wildman–Crippen LogP) is 1.03. The third-order valence-electron chi connectivity index (χ3n) is 3.25. The molecular formula is C14H26O6. The second-order valence-corrected chi connectivity index (χ2v) is 4.74. The summed E-state index contributed by atoms with van der Waals surface area (Å²) < 4.78 is 9.22. The second-order valence-electron chi connectivity index (χ2n) is 4.74. The molecule has 0 fully saturated rings. The van der Waals surface area contributed by atoms with Crippen LogP contribution in [0.3, 0.4) is 0 Å². The van der Waals surface area contributed by atoms with Crippen LogP contribution in [0.15, 0.2) is 0 Å². The molecule has 0 aliphatic carbocycles. The van der Waals surface area contributed by atoms with E-state index in [0.29, 0.717) is 25.7 Å². The molecule has 0 aromatic heterocycles. The number of aliphatic hydroxyl groups is 2. The van der Waals surface area contributed by atoms with Crippen LogP contribution < -0.4 is 0 Å². The van der Waals surface area contributed by atoms with Crippen molar-refractivity contribution in [2.45, 2.75) is 51.0 Å². The highest BCUT2D eigenvalue weighted by atomic mass is 16.5. The minimum Gasteiger partial charge on any atom is -0.469 e. The largest absolute Gasteiger partial charge is 0.469 e. The lowest BCUT2D eigenvalue weighted by Crippen LogP contribution is -2.29. The van der Waals surface area contributed by atoms with Crippen molar-refractivity contribution in [2.24, 2.45) is 5.92 Å². The Balaban J connectivity index is 4.18. The Labute approximate surface area is 120 Å².